The first-order chi connectivity index (χ1) is 14.5. The van der Waals surface area contributed by atoms with Gasteiger partial charge in [0, 0.05) is 24.1 Å². The Labute approximate surface area is 178 Å². The quantitative estimate of drug-likeness (QED) is 0.767. The number of nitrogens with one attached hydrogen (secondary N) is 1. The van der Waals surface area contributed by atoms with Crippen molar-refractivity contribution in [2.75, 3.05) is 13.1 Å². The van der Waals surface area contributed by atoms with Gasteiger partial charge in [-0.1, -0.05) is 36.8 Å². The van der Waals surface area contributed by atoms with Crippen molar-refractivity contribution in [1.29, 1.82) is 0 Å². The Balaban J connectivity index is 1.49. The number of carbonyl (C=O) groups is 1. The molecule has 2 aliphatic rings. The van der Waals surface area contributed by atoms with Crippen molar-refractivity contribution in [2.45, 2.75) is 57.2 Å². The third-order valence-electron chi connectivity index (χ3n) is 6.93. The number of aryl methyl sites for hydroxylation is 1. The van der Waals surface area contributed by atoms with Gasteiger partial charge in [0.2, 0.25) is 5.60 Å². The average Bonchev–Trinajstić information content (AvgIpc) is 3.35. The molecule has 0 unspecified atom stereocenters. The van der Waals surface area contributed by atoms with Gasteiger partial charge in [0.05, 0.1) is 0 Å². The van der Waals surface area contributed by atoms with Crippen LogP contribution in [0.5, 0.6) is 0 Å². The van der Waals surface area contributed by atoms with E-state index in [9.17, 15) is 23.1 Å². The third kappa shape index (κ3) is 3.73. The number of carbonyl (C=O) groups excluding carboxylic acids is 1. The van der Waals surface area contributed by atoms with E-state index in [0.717, 1.165) is 34.7 Å². The average molecular weight is 436 g/mol. The van der Waals surface area contributed by atoms with E-state index in [2.05, 4.69) is 10.2 Å². The molecule has 168 valence electrons. The second-order valence-electron chi connectivity index (χ2n) is 9.22. The predicted molar refractivity (Wildman–Crippen MR) is 108 cm³/mol. The van der Waals surface area contributed by atoms with Crippen LogP contribution in [0.4, 0.5) is 13.2 Å². The highest BCUT2D eigenvalue weighted by molar-refractivity contribution is 5.85. The van der Waals surface area contributed by atoms with Crippen molar-refractivity contribution in [3.05, 3.63) is 35.7 Å². The largest absolute Gasteiger partial charge is 0.426 e. The van der Waals surface area contributed by atoms with Crippen molar-refractivity contribution in [3.63, 3.8) is 0 Å². The normalized spacial score (nSPS) is 25.2. The minimum atomic E-state index is -5.01. The van der Waals surface area contributed by atoms with Crippen LogP contribution in [-0.2, 0) is 10.2 Å². The molecule has 1 saturated carbocycles. The molecule has 1 aliphatic heterocycles. The number of amides is 1. The van der Waals surface area contributed by atoms with Gasteiger partial charge in [-0.25, -0.2) is 4.98 Å². The zero-order valence-electron chi connectivity index (χ0n) is 17.8. The minimum absolute atomic E-state index is 0.0304. The molecule has 2 aromatic rings. The number of halogens is 3. The highest BCUT2D eigenvalue weighted by Crippen LogP contribution is 2.57. The summed E-state index contributed by atoms with van der Waals surface area (Å²) >= 11 is 0. The Hall–Kier alpha value is -2.42. The van der Waals surface area contributed by atoms with E-state index in [4.69, 9.17) is 4.98 Å². The lowest BCUT2D eigenvalue weighted by Crippen LogP contribution is -2.59. The molecule has 1 saturated heterocycles. The van der Waals surface area contributed by atoms with Crippen molar-refractivity contribution in [1.82, 2.24) is 20.1 Å². The van der Waals surface area contributed by atoms with Gasteiger partial charge in [0.15, 0.2) is 5.82 Å². The van der Waals surface area contributed by atoms with Gasteiger partial charge in [-0.05, 0) is 44.9 Å². The molecule has 9 heteroatoms. The van der Waals surface area contributed by atoms with E-state index in [-0.39, 0.29) is 30.3 Å². The zero-order valence-corrected chi connectivity index (χ0v) is 17.8. The fraction of sp³-hybridized carbons (Fsp3) is 0.591. The van der Waals surface area contributed by atoms with Crippen LogP contribution in [0.1, 0.15) is 44.5 Å². The van der Waals surface area contributed by atoms with Crippen LogP contribution < -0.4 is 0 Å². The summed E-state index contributed by atoms with van der Waals surface area (Å²) in [7, 11) is 0. The maximum atomic E-state index is 13.1. The standard InChI is InChI=1S/C22H27F3N4O2/c1-13-4-6-15(7-5-13)17-26-18(28-27-17)21(9-10-21)16-8-11-29(12-14(16)2)19(30)20(3,31)22(23,24)25/h4-7,14,16,31H,8-12H2,1-3H3,(H,26,27,28)/t14-,16+,20+/m0/s1. The second kappa shape index (κ2) is 7.32. The molecule has 2 fully saturated rings. The number of piperidine rings is 1. The van der Waals surface area contributed by atoms with E-state index in [1.165, 1.54) is 0 Å². The number of rotatable bonds is 4. The van der Waals surface area contributed by atoms with Gasteiger partial charge in [0.1, 0.15) is 5.82 Å². The van der Waals surface area contributed by atoms with E-state index in [1.807, 2.05) is 38.1 Å². The molecular formula is C22H27F3N4O2. The fourth-order valence-corrected chi connectivity index (χ4v) is 4.81. The topological polar surface area (TPSA) is 82.1 Å². The Morgan fingerprint density at radius 2 is 1.90 bits per heavy atom. The third-order valence-corrected chi connectivity index (χ3v) is 6.93. The molecule has 6 nitrogen and oxygen atoms in total. The maximum absolute atomic E-state index is 13.1. The molecule has 1 amide bonds. The molecule has 4 rings (SSSR count). The number of hydrogen-bond acceptors (Lipinski definition) is 4. The summed E-state index contributed by atoms with van der Waals surface area (Å²) in [4.78, 5) is 18.3. The summed E-state index contributed by atoms with van der Waals surface area (Å²) in [6, 6.07) is 7.95. The van der Waals surface area contributed by atoms with Crippen molar-refractivity contribution in [3.8, 4) is 11.4 Å². The molecule has 2 heterocycles. The van der Waals surface area contributed by atoms with Gasteiger partial charge < -0.3 is 10.0 Å². The first-order valence-corrected chi connectivity index (χ1v) is 10.5. The second-order valence-corrected chi connectivity index (χ2v) is 9.22. The summed E-state index contributed by atoms with van der Waals surface area (Å²) in [6.07, 6.45) is -2.59. The Morgan fingerprint density at radius 1 is 1.26 bits per heavy atom. The van der Waals surface area contributed by atoms with Gasteiger partial charge in [-0.15, -0.1) is 0 Å². The van der Waals surface area contributed by atoms with Crippen LogP contribution in [0.3, 0.4) is 0 Å². The summed E-state index contributed by atoms with van der Waals surface area (Å²) in [6.45, 7) is 4.84. The number of nitrogens with zero attached hydrogens (tertiary/aromatic N) is 3. The molecule has 1 aliphatic carbocycles. The molecule has 1 aromatic heterocycles. The number of H-pyrrole nitrogens is 1. The summed E-state index contributed by atoms with van der Waals surface area (Å²) in [5.41, 5.74) is -1.48. The number of aliphatic hydroxyl groups is 1. The highest BCUT2D eigenvalue weighted by Gasteiger charge is 2.59. The molecule has 3 atom stereocenters. The monoisotopic (exact) mass is 436 g/mol. The smallest absolute Gasteiger partial charge is 0.373 e. The number of alkyl halides is 3. The molecule has 0 spiro atoms. The Bertz CT molecular complexity index is 964. The maximum Gasteiger partial charge on any atom is 0.426 e. The molecule has 0 radical (unpaired) electrons. The van der Waals surface area contributed by atoms with E-state index in [0.29, 0.717) is 19.2 Å². The minimum Gasteiger partial charge on any atom is -0.373 e. The lowest BCUT2D eigenvalue weighted by Gasteiger charge is -2.42. The van der Waals surface area contributed by atoms with Crippen LogP contribution in [0.15, 0.2) is 24.3 Å². The first-order valence-electron chi connectivity index (χ1n) is 10.5. The first kappa shape index (κ1) is 21.8. The lowest BCUT2D eigenvalue weighted by molar-refractivity contribution is -0.251. The summed E-state index contributed by atoms with van der Waals surface area (Å²) < 4.78 is 39.2. The van der Waals surface area contributed by atoms with Gasteiger partial charge in [-0.2, -0.15) is 18.3 Å². The lowest BCUT2D eigenvalue weighted by atomic mass is 9.74. The van der Waals surface area contributed by atoms with Crippen molar-refractivity contribution >= 4 is 5.91 Å². The zero-order chi connectivity index (χ0) is 22.6. The van der Waals surface area contributed by atoms with Crippen molar-refractivity contribution in [2.24, 2.45) is 11.8 Å². The molecule has 1 aromatic carbocycles. The number of likely N-dealkylation sites (tertiary alicyclic amines) is 1. The number of benzene rings is 1. The van der Waals surface area contributed by atoms with Crippen LogP contribution in [0.2, 0.25) is 0 Å². The number of hydrogen-bond donors (Lipinski definition) is 2. The van der Waals surface area contributed by atoms with Gasteiger partial charge >= 0.3 is 6.18 Å². The number of aromatic amines is 1. The molecule has 2 N–H and O–H groups in total. The van der Waals surface area contributed by atoms with Crippen LogP contribution >= 0.6 is 0 Å². The van der Waals surface area contributed by atoms with E-state index >= 15 is 0 Å². The van der Waals surface area contributed by atoms with Crippen LogP contribution in [0.25, 0.3) is 11.4 Å². The summed E-state index contributed by atoms with van der Waals surface area (Å²) in [5.74, 6) is 0.296. The molecule has 31 heavy (non-hydrogen) atoms. The fourth-order valence-electron chi connectivity index (χ4n) is 4.81. The summed E-state index contributed by atoms with van der Waals surface area (Å²) in [5, 5.41) is 17.2. The van der Waals surface area contributed by atoms with E-state index in [1.54, 1.807) is 0 Å². The molecular weight excluding hydrogens is 409 g/mol. The van der Waals surface area contributed by atoms with Gasteiger partial charge in [0.25, 0.3) is 5.91 Å². The van der Waals surface area contributed by atoms with Crippen molar-refractivity contribution < 1.29 is 23.1 Å². The SMILES string of the molecule is Cc1ccc(-c2n[nH]c(C3([C@@H]4CCN(C(=O)[C@@](C)(O)C(F)(F)F)C[C@@H]4C)CC3)n2)cc1. The predicted octanol–water partition coefficient (Wildman–Crippen LogP) is 3.61. The number of aromatic nitrogens is 3. The van der Waals surface area contributed by atoms with Crippen LogP contribution in [0, 0.1) is 18.8 Å². The molecule has 0 bridgehead atoms. The Kier molecular flexibility index (Phi) is 5.15. The van der Waals surface area contributed by atoms with Crippen LogP contribution in [-0.4, -0.2) is 56.0 Å². The highest BCUT2D eigenvalue weighted by atomic mass is 19.4. The van der Waals surface area contributed by atoms with E-state index < -0.39 is 17.7 Å². The van der Waals surface area contributed by atoms with Gasteiger partial charge in [-0.3, -0.25) is 9.89 Å². The Morgan fingerprint density at radius 3 is 2.45 bits per heavy atom.